The molecular weight excluding hydrogens is 254 g/mol. The molecule has 0 aromatic heterocycles. The number of ether oxygens (including phenoxy) is 2. The summed E-state index contributed by atoms with van der Waals surface area (Å²) in [6, 6.07) is 0. The van der Waals surface area contributed by atoms with E-state index >= 15 is 0 Å². The molecule has 1 fully saturated rings. The number of amides is 1. The lowest BCUT2D eigenvalue weighted by atomic mass is 10.0. The molecule has 0 saturated carbocycles. The van der Waals surface area contributed by atoms with E-state index in [2.05, 4.69) is 20.8 Å². The molecule has 0 bridgehead atoms. The zero-order valence-electron chi connectivity index (χ0n) is 14.0. The summed E-state index contributed by atoms with van der Waals surface area (Å²) in [5.74, 6) is 0.576. The Balaban J connectivity index is 2.43. The van der Waals surface area contributed by atoms with Gasteiger partial charge in [0.05, 0.1) is 12.1 Å². The molecule has 118 valence electrons. The Morgan fingerprint density at radius 3 is 2.60 bits per heavy atom. The van der Waals surface area contributed by atoms with Crippen LogP contribution in [-0.2, 0) is 9.47 Å². The van der Waals surface area contributed by atoms with Crippen molar-refractivity contribution in [2.24, 2.45) is 5.92 Å². The number of hydrogen-bond acceptors (Lipinski definition) is 3. The van der Waals surface area contributed by atoms with Crippen molar-refractivity contribution in [1.82, 2.24) is 4.90 Å². The summed E-state index contributed by atoms with van der Waals surface area (Å²) in [5.41, 5.74) is -0.661. The highest BCUT2D eigenvalue weighted by Crippen LogP contribution is 2.27. The minimum atomic E-state index is -0.438. The van der Waals surface area contributed by atoms with Crippen LogP contribution in [-0.4, -0.2) is 41.9 Å². The van der Waals surface area contributed by atoms with E-state index in [1.165, 1.54) is 12.8 Å². The molecule has 4 nitrogen and oxygen atoms in total. The molecule has 2 atom stereocenters. The summed E-state index contributed by atoms with van der Waals surface area (Å²) >= 11 is 0. The first-order valence-electron chi connectivity index (χ1n) is 7.77. The predicted octanol–water partition coefficient (Wildman–Crippen LogP) is 3.84. The fraction of sp³-hybridized carbons (Fsp3) is 0.938. The van der Waals surface area contributed by atoms with Crippen LogP contribution in [0.25, 0.3) is 0 Å². The summed E-state index contributed by atoms with van der Waals surface area (Å²) in [6.45, 7) is 14.3. The Hall–Kier alpha value is -0.770. The van der Waals surface area contributed by atoms with Gasteiger partial charge in [-0.25, -0.2) is 4.79 Å². The highest BCUT2D eigenvalue weighted by atomic mass is 16.6. The predicted molar refractivity (Wildman–Crippen MR) is 80.9 cm³/mol. The van der Waals surface area contributed by atoms with Crippen LogP contribution in [0.5, 0.6) is 0 Å². The highest BCUT2D eigenvalue weighted by Gasteiger charge is 2.38. The van der Waals surface area contributed by atoms with Gasteiger partial charge in [0.25, 0.3) is 0 Å². The van der Waals surface area contributed by atoms with Gasteiger partial charge in [-0.2, -0.15) is 0 Å². The number of carbonyl (C=O) groups excluding carboxylic acids is 1. The normalized spacial score (nSPS) is 24.8. The summed E-state index contributed by atoms with van der Waals surface area (Å²) < 4.78 is 11.5. The van der Waals surface area contributed by atoms with Gasteiger partial charge >= 0.3 is 6.09 Å². The monoisotopic (exact) mass is 285 g/mol. The smallest absolute Gasteiger partial charge is 0.410 e. The van der Waals surface area contributed by atoms with Crippen LogP contribution in [0.2, 0.25) is 0 Å². The number of likely N-dealkylation sites (tertiary alicyclic amines) is 1. The second-order valence-corrected chi connectivity index (χ2v) is 7.31. The Labute approximate surface area is 123 Å². The third-order valence-electron chi connectivity index (χ3n) is 3.59. The highest BCUT2D eigenvalue weighted by molar-refractivity contribution is 5.68. The van der Waals surface area contributed by atoms with Crippen molar-refractivity contribution in [3.05, 3.63) is 0 Å². The van der Waals surface area contributed by atoms with Crippen LogP contribution in [0.15, 0.2) is 0 Å². The lowest BCUT2D eigenvalue weighted by molar-refractivity contribution is -0.0413. The molecule has 0 aromatic rings. The number of rotatable bonds is 5. The average molecular weight is 285 g/mol. The van der Waals surface area contributed by atoms with E-state index in [1.807, 2.05) is 20.8 Å². The molecule has 1 rings (SSSR count). The van der Waals surface area contributed by atoms with Crippen molar-refractivity contribution in [2.75, 3.05) is 19.7 Å². The van der Waals surface area contributed by atoms with E-state index in [4.69, 9.17) is 9.47 Å². The Kier molecular flexibility index (Phi) is 5.87. The van der Waals surface area contributed by atoms with E-state index in [0.717, 1.165) is 13.0 Å². The fourth-order valence-corrected chi connectivity index (χ4v) is 2.45. The maximum Gasteiger partial charge on any atom is 0.410 e. The number of nitrogens with zero attached hydrogens (tertiary/aromatic N) is 1. The first-order chi connectivity index (χ1) is 9.15. The van der Waals surface area contributed by atoms with E-state index in [0.29, 0.717) is 19.0 Å². The topological polar surface area (TPSA) is 38.8 Å². The van der Waals surface area contributed by atoms with Gasteiger partial charge in [0.1, 0.15) is 5.60 Å². The van der Waals surface area contributed by atoms with E-state index in [1.54, 1.807) is 4.90 Å². The summed E-state index contributed by atoms with van der Waals surface area (Å²) in [7, 11) is 0. The average Bonchev–Trinajstić information content (AvgIpc) is 2.69. The summed E-state index contributed by atoms with van der Waals surface area (Å²) in [6.07, 6.45) is 3.02. The van der Waals surface area contributed by atoms with Crippen molar-refractivity contribution in [1.29, 1.82) is 0 Å². The van der Waals surface area contributed by atoms with Crippen molar-refractivity contribution < 1.29 is 14.3 Å². The van der Waals surface area contributed by atoms with Crippen molar-refractivity contribution in [3.8, 4) is 0 Å². The number of carbonyl (C=O) groups is 1. The summed E-state index contributed by atoms with van der Waals surface area (Å²) in [5, 5.41) is 0. The molecule has 2 unspecified atom stereocenters. The molecule has 1 heterocycles. The molecular formula is C16H31NO3. The zero-order chi connectivity index (χ0) is 15.4. The van der Waals surface area contributed by atoms with Crippen LogP contribution in [0.1, 0.15) is 60.8 Å². The molecule has 1 amide bonds. The first kappa shape index (κ1) is 17.3. The number of hydrogen-bond donors (Lipinski definition) is 0. The fourth-order valence-electron chi connectivity index (χ4n) is 2.45. The van der Waals surface area contributed by atoms with Crippen LogP contribution in [0, 0.1) is 5.92 Å². The molecule has 1 aliphatic rings. The molecule has 20 heavy (non-hydrogen) atoms. The minimum Gasteiger partial charge on any atom is -0.444 e. The third-order valence-corrected chi connectivity index (χ3v) is 3.59. The molecule has 0 aromatic carbocycles. The molecule has 0 aliphatic carbocycles. The Morgan fingerprint density at radius 1 is 1.40 bits per heavy atom. The Bertz CT molecular complexity index is 324. The lowest BCUT2D eigenvalue weighted by Crippen LogP contribution is -2.39. The molecule has 0 spiro atoms. The van der Waals surface area contributed by atoms with Gasteiger partial charge in [-0.3, -0.25) is 0 Å². The van der Waals surface area contributed by atoms with E-state index in [9.17, 15) is 4.79 Å². The first-order valence-corrected chi connectivity index (χ1v) is 7.77. The second-order valence-electron chi connectivity index (χ2n) is 7.31. The third kappa shape index (κ3) is 5.70. The van der Waals surface area contributed by atoms with Crippen molar-refractivity contribution in [3.63, 3.8) is 0 Å². The Morgan fingerprint density at radius 2 is 2.05 bits per heavy atom. The van der Waals surface area contributed by atoms with E-state index < -0.39 is 5.60 Å². The van der Waals surface area contributed by atoms with Gasteiger partial charge in [0, 0.05) is 13.2 Å². The molecule has 0 N–H and O–H groups in total. The van der Waals surface area contributed by atoms with Crippen LogP contribution in [0.4, 0.5) is 4.79 Å². The van der Waals surface area contributed by atoms with Crippen LogP contribution in [0.3, 0.4) is 0 Å². The maximum absolute atomic E-state index is 12.0. The zero-order valence-corrected chi connectivity index (χ0v) is 14.0. The van der Waals surface area contributed by atoms with Gasteiger partial charge in [0.15, 0.2) is 0 Å². The minimum absolute atomic E-state index is 0.223. The largest absolute Gasteiger partial charge is 0.444 e. The second kappa shape index (κ2) is 6.79. The summed E-state index contributed by atoms with van der Waals surface area (Å²) in [4.78, 5) is 13.8. The SMILES string of the molecule is CCCC(C)COC1(C)CCN(C(=O)OC(C)(C)C)C1. The molecule has 1 aliphatic heterocycles. The van der Waals surface area contributed by atoms with Crippen LogP contribution >= 0.6 is 0 Å². The van der Waals surface area contributed by atoms with Crippen LogP contribution < -0.4 is 0 Å². The van der Waals surface area contributed by atoms with E-state index in [-0.39, 0.29) is 11.7 Å². The molecule has 0 radical (unpaired) electrons. The molecule has 1 saturated heterocycles. The van der Waals surface area contributed by atoms with Crippen molar-refractivity contribution in [2.45, 2.75) is 72.0 Å². The van der Waals surface area contributed by atoms with Gasteiger partial charge in [-0.05, 0) is 46.5 Å². The van der Waals surface area contributed by atoms with Gasteiger partial charge in [-0.1, -0.05) is 20.3 Å². The van der Waals surface area contributed by atoms with Gasteiger partial charge in [-0.15, -0.1) is 0 Å². The lowest BCUT2D eigenvalue weighted by Gasteiger charge is -2.28. The maximum atomic E-state index is 12.0. The van der Waals surface area contributed by atoms with Gasteiger partial charge in [0.2, 0.25) is 0 Å². The van der Waals surface area contributed by atoms with Gasteiger partial charge < -0.3 is 14.4 Å². The van der Waals surface area contributed by atoms with Crippen molar-refractivity contribution >= 4 is 6.09 Å². The standard InChI is InChI=1S/C16H31NO3/c1-7-8-13(2)11-19-16(6)9-10-17(12-16)14(18)20-15(3,4)5/h13H,7-12H2,1-6H3. The quantitative estimate of drug-likeness (QED) is 0.770. The molecule has 4 heteroatoms.